The molecule has 0 spiro atoms. The van der Waals surface area contributed by atoms with E-state index in [2.05, 4.69) is 5.10 Å². The number of hydrogen-bond acceptors (Lipinski definition) is 5. The van der Waals surface area contributed by atoms with Crippen LogP contribution in [0.5, 0.6) is 17.2 Å². The van der Waals surface area contributed by atoms with Gasteiger partial charge in [-0.3, -0.25) is 9.59 Å². The highest BCUT2D eigenvalue weighted by molar-refractivity contribution is 6.35. The largest absolute Gasteiger partial charge is 0.508 e. The van der Waals surface area contributed by atoms with Crippen molar-refractivity contribution in [2.45, 2.75) is 26.7 Å². The van der Waals surface area contributed by atoms with Crippen LogP contribution in [0.15, 0.2) is 59.7 Å². The first-order chi connectivity index (χ1) is 15.3. The third-order valence-electron chi connectivity index (χ3n) is 5.15. The number of benzene rings is 3. The molecule has 4 rings (SSSR count). The molecule has 6 nitrogen and oxygen atoms in total. The molecule has 0 bridgehead atoms. The predicted octanol–water partition coefficient (Wildman–Crippen LogP) is 4.82. The van der Waals surface area contributed by atoms with Gasteiger partial charge in [0.1, 0.15) is 23.1 Å². The predicted molar refractivity (Wildman–Crippen MR) is 119 cm³/mol. The minimum Gasteiger partial charge on any atom is -0.508 e. The fraction of sp³-hybridized carbons (Fsp3) is 0.160. The van der Waals surface area contributed by atoms with Crippen molar-refractivity contribution >= 4 is 23.6 Å². The Morgan fingerprint density at radius 3 is 2.38 bits per heavy atom. The van der Waals surface area contributed by atoms with E-state index in [1.54, 1.807) is 42.5 Å². The maximum atomic E-state index is 13.2. The van der Waals surface area contributed by atoms with Gasteiger partial charge < -0.3 is 9.84 Å². The zero-order valence-electron chi connectivity index (χ0n) is 17.6. The Hall–Kier alpha value is -4.00. The zero-order chi connectivity index (χ0) is 22.8. The highest BCUT2D eigenvalue weighted by atomic mass is 19.1. The van der Waals surface area contributed by atoms with Gasteiger partial charge in [-0.25, -0.2) is 9.40 Å². The number of ketones is 1. The minimum absolute atomic E-state index is 0.126. The molecule has 0 aromatic heterocycles. The summed E-state index contributed by atoms with van der Waals surface area (Å²) in [6.45, 7) is 3.71. The number of carbonyl (C=O) groups excluding carboxylic acids is 2. The second-order valence-corrected chi connectivity index (χ2v) is 7.70. The van der Waals surface area contributed by atoms with Crippen molar-refractivity contribution in [3.63, 3.8) is 0 Å². The summed E-state index contributed by atoms with van der Waals surface area (Å²) < 4.78 is 19.3. The SMILES string of the molecule is Cc1cc(N2N=CC(=O)CC2=O)cc(C)c1Oc1ccc(O)c(Cc2ccc(F)cc2)c1. The first-order valence-corrected chi connectivity index (χ1v) is 10.1. The number of nitrogens with zero attached hydrogens (tertiary/aromatic N) is 2. The number of carbonyl (C=O) groups is 2. The molecule has 1 aliphatic heterocycles. The molecule has 32 heavy (non-hydrogen) atoms. The van der Waals surface area contributed by atoms with Crippen molar-refractivity contribution in [2.24, 2.45) is 5.10 Å². The van der Waals surface area contributed by atoms with Gasteiger partial charge in [0, 0.05) is 12.0 Å². The fourth-order valence-corrected chi connectivity index (χ4v) is 3.58. The van der Waals surface area contributed by atoms with Crippen LogP contribution in [0.3, 0.4) is 0 Å². The summed E-state index contributed by atoms with van der Waals surface area (Å²) in [7, 11) is 0. The van der Waals surface area contributed by atoms with Gasteiger partial charge in [0.05, 0.1) is 18.3 Å². The van der Waals surface area contributed by atoms with Crippen molar-refractivity contribution in [1.29, 1.82) is 0 Å². The molecule has 1 N–H and O–H groups in total. The van der Waals surface area contributed by atoms with Gasteiger partial charge in [0.15, 0.2) is 5.78 Å². The average Bonchev–Trinajstić information content (AvgIpc) is 2.74. The molecular weight excluding hydrogens is 411 g/mol. The molecule has 7 heteroatoms. The summed E-state index contributed by atoms with van der Waals surface area (Å²) in [5, 5.41) is 15.4. The van der Waals surface area contributed by atoms with Gasteiger partial charge >= 0.3 is 0 Å². The van der Waals surface area contributed by atoms with Crippen LogP contribution in [0.25, 0.3) is 0 Å². The molecule has 3 aromatic rings. The minimum atomic E-state index is -0.381. The maximum Gasteiger partial charge on any atom is 0.255 e. The van der Waals surface area contributed by atoms with Crippen molar-refractivity contribution in [2.75, 3.05) is 5.01 Å². The third kappa shape index (κ3) is 4.51. The number of phenols is 1. The Labute approximate surface area is 184 Å². The van der Waals surface area contributed by atoms with Crippen LogP contribution in [0, 0.1) is 19.7 Å². The monoisotopic (exact) mass is 432 g/mol. The molecule has 0 aliphatic carbocycles. The number of hydrogen-bond donors (Lipinski definition) is 1. The molecule has 1 aliphatic rings. The highest BCUT2D eigenvalue weighted by Gasteiger charge is 2.23. The molecular formula is C25H21FN2O4. The molecule has 0 saturated carbocycles. The van der Waals surface area contributed by atoms with Gasteiger partial charge in [0.2, 0.25) is 0 Å². The molecule has 1 amide bonds. The summed E-state index contributed by atoms with van der Waals surface area (Å²) in [6, 6.07) is 14.6. The number of phenolic OH excluding ortho intramolecular Hbond substituents is 1. The van der Waals surface area contributed by atoms with Crippen LogP contribution in [0.4, 0.5) is 10.1 Å². The molecule has 0 atom stereocenters. The van der Waals surface area contributed by atoms with Crippen molar-refractivity contribution in [1.82, 2.24) is 0 Å². The Morgan fingerprint density at radius 2 is 1.72 bits per heavy atom. The Bertz CT molecular complexity index is 1210. The van der Waals surface area contributed by atoms with E-state index in [9.17, 15) is 19.1 Å². The van der Waals surface area contributed by atoms with E-state index in [1.807, 2.05) is 13.8 Å². The number of halogens is 1. The number of ether oxygens (including phenoxy) is 1. The first-order valence-electron chi connectivity index (χ1n) is 10.1. The quantitative estimate of drug-likeness (QED) is 0.586. The highest BCUT2D eigenvalue weighted by Crippen LogP contribution is 2.35. The fourth-order valence-electron chi connectivity index (χ4n) is 3.58. The van der Waals surface area contributed by atoms with E-state index in [4.69, 9.17) is 4.74 Å². The lowest BCUT2D eigenvalue weighted by Crippen LogP contribution is -2.32. The molecule has 162 valence electrons. The van der Waals surface area contributed by atoms with E-state index >= 15 is 0 Å². The van der Waals surface area contributed by atoms with Gasteiger partial charge in [-0.05, 0) is 73.0 Å². The van der Waals surface area contributed by atoms with E-state index < -0.39 is 0 Å². The van der Waals surface area contributed by atoms with Crippen molar-refractivity contribution in [3.8, 4) is 17.2 Å². The summed E-state index contributed by atoms with van der Waals surface area (Å²) in [5.74, 6) is 0.278. The molecule has 0 unspecified atom stereocenters. The smallest absolute Gasteiger partial charge is 0.255 e. The first kappa shape index (κ1) is 21.2. The van der Waals surface area contributed by atoms with Crippen LogP contribution in [-0.4, -0.2) is 23.0 Å². The molecule has 1 heterocycles. The van der Waals surface area contributed by atoms with E-state index in [-0.39, 0.29) is 29.7 Å². The zero-order valence-corrected chi connectivity index (χ0v) is 17.6. The summed E-state index contributed by atoms with van der Waals surface area (Å²) in [4.78, 5) is 23.5. The van der Waals surface area contributed by atoms with Crippen molar-refractivity contribution < 1.29 is 23.8 Å². The molecule has 0 saturated heterocycles. The third-order valence-corrected chi connectivity index (χ3v) is 5.15. The lowest BCUT2D eigenvalue weighted by Gasteiger charge is -2.22. The standard InChI is InChI=1S/C25H21FN2O4/c1-15-9-20(28-24(31)13-21(29)14-27-28)10-16(2)25(15)32-22-7-8-23(30)18(12-22)11-17-3-5-19(26)6-4-17/h3-10,12,14,30H,11,13H2,1-2H3. The van der Waals surface area contributed by atoms with Crippen LogP contribution >= 0.6 is 0 Å². The number of hydrazone groups is 1. The topological polar surface area (TPSA) is 79.2 Å². The number of rotatable bonds is 5. The normalized spacial score (nSPS) is 13.5. The second kappa shape index (κ2) is 8.63. The second-order valence-electron chi connectivity index (χ2n) is 7.70. The van der Waals surface area contributed by atoms with Crippen LogP contribution < -0.4 is 9.75 Å². The molecule has 3 aromatic carbocycles. The Morgan fingerprint density at radius 1 is 1.03 bits per heavy atom. The van der Waals surface area contributed by atoms with Crippen LogP contribution in [-0.2, 0) is 16.0 Å². The van der Waals surface area contributed by atoms with Gasteiger partial charge in [-0.15, -0.1) is 0 Å². The maximum absolute atomic E-state index is 13.2. The molecule has 0 fully saturated rings. The number of Topliss-reactive ketones (excluding diaryl/α,β-unsaturated/α-hetero) is 1. The van der Waals surface area contributed by atoms with Gasteiger partial charge in [0.25, 0.3) is 5.91 Å². The Balaban J connectivity index is 1.59. The number of aryl methyl sites for hydroxylation is 2. The van der Waals surface area contributed by atoms with Gasteiger partial charge in [-0.1, -0.05) is 12.1 Å². The Kier molecular flexibility index (Phi) is 5.73. The van der Waals surface area contributed by atoms with Crippen LogP contribution in [0.1, 0.15) is 28.7 Å². The van der Waals surface area contributed by atoms with Crippen molar-refractivity contribution in [3.05, 3.63) is 82.7 Å². The lowest BCUT2D eigenvalue weighted by molar-refractivity contribution is -0.124. The van der Waals surface area contributed by atoms with Crippen LogP contribution in [0.2, 0.25) is 0 Å². The van der Waals surface area contributed by atoms with E-state index in [0.29, 0.717) is 29.2 Å². The summed E-state index contributed by atoms with van der Waals surface area (Å²) in [6.07, 6.45) is 1.37. The summed E-state index contributed by atoms with van der Waals surface area (Å²) >= 11 is 0. The number of anilines is 1. The van der Waals surface area contributed by atoms with E-state index in [1.165, 1.54) is 17.1 Å². The van der Waals surface area contributed by atoms with E-state index in [0.717, 1.165) is 22.9 Å². The number of aromatic hydroxyl groups is 1. The number of amides is 1. The van der Waals surface area contributed by atoms with Gasteiger partial charge in [-0.2, -0.15) is 5.10 Å². The summed E-state index contributed by atoms with van der Waals surface area (Å²) in [5.41, 5.74) is 3.64. The lowest BCUT2D eigenvalue weighted by atomic mass is 10.0. The average molecular weight is 432 g/mol. The molecule has 0 radical (unpaired) electrons.